The fraction of sp³-hybridized carbons (Fsp3) is 0.231. The lowest BCUT2D eigenvalue weighted by atomic mass is 9.90. The Morgan fingerprint density at radius 3 is 2.70 bits per heavy atom. The van der Waals surface area contributed by atoms with Gasteiger partial charge in [0, 0.05) is 29.9 Å². The number of pyridine rings is 1. The van der Waals surface area contributed by atoms with Crippen LogP contribution in [0.3, 0.4) is 0 Å². The summed E-state index contributed by atoms with van der Waals surface area (Å²) in [5, 5.41) is 5.40. The van der Waals surface area contributed by atoms with Gasteiger partial charge in [-0.05, 0) is 56.0 Å². The largest absolute Gasteiger partial charge is 0.383 e. The van der Waals surface area contributed by atoms with E-state index in [-0.39, 0.29) is 27.5 Å². The molecule has 4 aromatic rings. The van der Waals surface area contributed by atoms with Crippen LogP contribution in [0.1, 0.15) is 31.7 Å². The van der Waals surface area contributed by atoms with Crippen molar-refractivity contribution < 1.29 is 12.8 Å². The lowest BCUT2D eigenvalue weighted by molar-refractivity contribution is 0.598. The van der Waals surface area contributed by atoms with Crippen molar-refractivity contribution in [2.75, 3.05) is 10.5 Å². The van der Waals surface area contributed by atoms with Gasteiger partial charge in [0.1, 0.15) is 22.2 Å². The molecule has 1 aliphatic carbocycles. The molecule has 0 bridgehead atoms. The number of rotatable bonds is 6. The third-order valence-corrected chi connectivity index (χ3v) is 8.37. The number of halogens is 2. The Hall–Kier alpha value is -3.47. The molecule has 0 aliphatic heterocycles. The molecule has 1 unspecified atom stereocenters. The molecule has 8 nitrogen and oxygen atoms in total. The lowest BCUT2D eigenvalue weighted by Gasteiger charge is -2.19. The summed E-state index contributed by atoms with van der Waals surface area (Å²) in [6.07, 6.45) is 6.37. The molecule has 2 heterocycles. The number of allylic oxidation sites excluding steroid dienone is 1. The van der Waals surface area contributed by atoms with Gasteiger partial charge in [0.2, 0.25) is 0 Å². The van der Waals surface area contributed by atoms with E-state index in [2.05, 4.69) is 15.8 Å². The zero-order valence-corrected chi connectivity index (χ0v) is 21.7. The van der Waals surface area contributed by atoms with E-state index in [1.807, 2.05) is 11.6 Å². The SMILES string of the molecule is CCn1nc(-c2ccc(NS(=O)(=O)c3ccccc3Cl)c(F)c2)c2c(N)ncc(C3=CCC(N)CC3)c21. The molecule has 0 radical (unpaired) electrons. The van der Waals surface area contributed by atoms with Crippen molar-refractivity contribution in [1.82, 2.24) is 14.8 Å². The van der Waals surface area contributed by atoms with Crippen LogP contribution in [0.4, 0.5) is 15.9 Å². The molecule has 2 aromatic carbocycles. The van der Waals surface area contributed by atoms with E-state index in [0.29, 0.717) is 23.2 Å². The number of benzene rings is 2. The number of nitrogens with zero attached hydrogens (tertiary/aromatic N) is 3. The minimum absolute atomic E-state index is 0.0393. The smallest absolute Gasteiger partial charge is 0.263 e. The summed E-state index contributed by atoms with van der Waals surface area (Å²) in [5.41, 5.74) is 16.0. The van der Waals surface area contributed by atoms with Gasteiger partial charge in [0.05, 0.1) is 21.6 Å². The maximum absolute atomic E-state index is 15.2. The van der Waals surface area contributed by atoms with E-state index >= 15 is 4.39 Å². The summed E-state index contributed by atoms with van der Waals surface area (Å²) in [5.74, 6) is -0.482. The third kappa shape index (κ3) is 4.68. The van der Waals surface area contributed by atoms with E-state index < -0.39 is 15.8 Å². The predicted octanol–water partition coefficient (Wildman–Crippen LogP) is 5.19. The van der Waals surface area contributed by atoms with Gasteiger partial charge >= 0.3 is 0 Å². The summed E-state index contributed by atoms with van der Waals surface area (Å²) in [7, 11) is -4.09. The number of fused-ring (bicyclic) bond motifs is 1. The Labute approximate surface area is 219 Å². The number of anilines is 2. The van der Waals surface area contributed by atoms with Gasteiger partial charge in [-0.25, -0.2) is 17.8 Å². The fourth-order valence-electron chi connectivity index (χ4n) is 4.61. The number of nitrogen functional groups attached to an aromatic ring is 1. The Bertz CT molecular complexity index is 1650. The van der Waals surface area contributed by atoms with E-state index in [9.17, 15) is 8.42 Å². The summed E-state index contributed by atoms with van der Waals surface area (Å²) >= 11 is 6.03. The highest BCUT2D eigenvalue weighted by Gasteiger charge is 2.24. The highest BCUT2D eigenvalue weighted by atomic mass is 35.5. The van der Waals surface area contributed by atoms with Gasteiger partial charge in [-0.2, -0.15) is 5.10 Å². The quantitative estimate of drug-likeness (QED) is 0.309. The normalized spacial score (nSPS) is 16.1. The number of aromatic nitrogens is 3. The van der Waals surface area contributed by atoms with E-state index in [1.54, 1.807) is 24.4 Å². The Morgan fingerprint density at radius 1 is 1.24 bits per heavy atom. The molecule has 5 rings (SSSR count). The van der Waals surface area contributed by atoms with Crippen molar-refractivity contribution in [3.8, 4) is 11.3 Å². The van der Waals surface area contributed by atoms with Gasteiger partial charge in [-0.15, -0.1) is 0 Å². The minimum Gasteiger partial charge on any atom is -0.383 e. The van der Waals surface area contributed by atoms with Gasteiger partial charge in [0.25, 0.3) is 10.0 Å². The van der Waals surface area contributed by atoms with Crippen LogP contribution >= 0.6 is 11.6 Å². The van der Waals surface area contributed by atoms with E-state index in [1.165, 1.54) is 24.3 Å². The third-order valence-electron chi connectivity index (χ3n) is 6.51. The average Bonchev–Trinajstić information content (AvgIpc) is 3.27. The maximum Gasteiger partial charge on any atom is 0.263 e. The van der Waals surface area contributed by atoms with Gasteiger partial charge in [0.15, 0.2) is 0 Å². The van der Waals surface area contributed by atoms with Crippen LogP contribution in [0.5, 0.6) is 0 Å². The number of sulfonamides is 1. The van der Waals surface area contributed by atoms with Crippen molar-refractivity contribution in [3.63, 3.8) is 0 Å². The standard InChI is InChI=1S/C26H26ClFN6O2S/c1-2-34-25-18(15-7-10-17(29)11-8-15)14-31-26(30)23(25)24(32-34)16-9-12-21(20(28)13-16)33-37(35,36)22-6-4-3-5-19(22)27/h3-7,9,12-14,17,33H,2,8,10-11,29H2,1H3,(H2,30,31). The van der Waals surface area contributed by atoms with Crippen LogP contribution in [0.2, 0.25) is 5.02 Å². The monoisotopic (exact) mass is 540 g/mol. The van der Waals surface area contributed by atoms with Crippen molar-refractivity contribution >= 4 is 49.6 Å². The topological polar surface area (TPSA) is 129 Å². The van der Waals surface area contributed by atoms with Crippen LogP contribution in [0, 0.1) is 5.82 Å². The summed E-state index contributed by atoms with van der Waals surface area (Å²) in [6.45, 7) is 2.53. The van der Waals surface area contributed by atoms with Crippen LogP contribution in [0.15, 0.2) is 59.6 Å². The molecule has 0 amide bonds. The number of aryl methyl sites for hydroxylation is 1. The van der Waals surface area contributed by atoms with Crippen molar-refractivity contribution in [1.29, 1.82) is 0 Å². The van der Waals surface area contributed by atoms with Crippen LogP contribution in [-0.4, -0.2) is 29.2 Å². The number of nitrogens with two attached hydrogens (primary N) is 2. The second kappa shape index (κ2) is 9.77. The molecule has 0 fully saturated rings. The molecule has 0 spiro atoms. The second-order valence-corrected chi connectivity index (χ2v) is 11.0. The molecule has 2 aromatic heterocycles. The minimum atomic E-state index is -4.09. The van der Waals surface area contributed by atoms with Gasteiger partial charge < -0.3 is 11.5 Å². The molecule has 192 valence electrons. The molecule has 0 saturated carbocycles. The van der Waals surface area contributed by atoms with E-state index in [0.717, 1.165) is 35.9 Å². The first-order valence-corrected chi connectivity index (χ1v) is 13.7. The first-order valence-electron chi connectivity index (χ1n) is 11.9. The molecule has 11 heteroatoms. The fourth-order valence-corrected chi connectivity index (χ4v) is 6.20. The maximum atomic E-state index is 15.2. The van der Waals surface area contributed by atoms with Crippen molar-refractivity contribution in [2.45, 2.75) is 43.7 Å². The molecular formula is C26H26ClFN6O2S. The highest BCUT2D eigenvalue weighted by molar-refractivity contribution is 7.92. The Kier molecular flexibility index (Phi) is 6.65. The first-order chi connectivity index (χ1) is 17.7. The Balaban J connectivity index is 1.57. The summed E-state index contributed by atoms with van der Waals surface area (Å²) in [4.78, 5) is 4.28. The zero-order chi connectivity index (χ0) is 26.3. The number of hydrogen-bond acceptors (Lipinski definition) is 6. The number of nitrogens with one attached hydrogen (secondary N) is 1. The molecular weight excluding hydrogens is 515 g/mol. The molecule has 1 atom stereocenters. The molecule has 5 N–H and O–H groups in total. The summed E-state index contributed by atoms with van der Waals surface area (Å²) < 4.78 is 44.9. The zero-order valence-electron chi connectivity index (χ0n) is 20.1. The van der Waals surface area contributed by atoms with Crippen molar-refractivity contribution in [2.24, 2.45) is 5.73 Å². The number of hydrogen-bond donors (Lipinski definition) is 3. The first kappa shape index (κ1) is 25.2. The average molecular weight is 541 g/mol. The van der Waals surface area contributed by atoms with E-state index in [4.69, 9.17) is 28.2 Å². The van der Waals surface area contributed by atoms with Crippen LogP contribution in [-0.2, 0) is 16.6 Å². The molecule has 37 heavy (non-hydrogen) atoms. The molecule has 0 saturated heterocycles. The second-order valence-electron chi connectivity index (χ2n) is 8.94. The van der Waals surface area contributed by atoms with Crippen LogP contribution < -0.4 is 16.2 Å². The lowest BCUT2D eigenvalue weighted by Crippen LogP contribution is -2.21. The van der Waals surface area contributed by atoms with Crippen LogP contribution in [0.25, 0.3) is 27.7 Å². The predicted molar refractivity (Wildman–Crippen MR) is 145 cm³/mol. The van der Waals surface area contributed by atoms with Gasteiger partial charge in [-0.3, -0.25) is 9.40 Å². The Morgan fingerprint density at radius 2 is 2.03 bits per heavy atom. The summed E-state index contributed by atoms with van der Waals surface area (Å²) in [6, 6.07) is 10.3. The van der Waals surface area contributed by atoms with Gasteiger partial charge in [-0.1, -0.05) is 35.9 Å². The molecule has 1 aliphatic rings. The van der Waals surface area contributed by atoms with Crippen molar-refractivity contribution in [3.05, 3.63) is 71.1 Å². The highest BCUT2D eigenvalue weighted by Crippen LogP contribution is 2.38.